The van der Waals surface area contributed by atoms with E-state index in [0.717, 1.165) is 5.56 Å². The molecule has 2 rings (SSSR count). The zero-order valence-electron chi connectivity index (χ0n) is 13.3. The number of likely N-dealkylation sites (N-methyl/N-ethyl adjacent to an activating group) is 1. The molecule has 0 heterocycles. The van der Waals surface area contributed by atoms with E-state index in [9.17, 15) is 5.11 Å². The second-order valence-corrected chi connectivity index (χ2v) is 5.47. The van der Waals surface area contributed by atoms with Crippen LogP contribution in [0.15, 0.2) is 48.5 Å². The van der Waals surface area contributed by atoms with Crippen LogP contribution in [0, 0.1) is 0 Å². The highest BCUT2D eigenvalue weighted by atomic mass is 35.5. The predicted octanol–water partition coefficient (Wildman–Crippen LogP) is 3.44. The topological polar surface area (TPSA) is 50.7 Å². The maximum atomic E-state index is 10.5. The Balaban J connectivity index is 2.34. The van der Waals surface area contributed by atoms with Crippen LogP contribution in [0.5, 0.6) is 11.5 Å². The molecule has 23 heavy (non-hydrogen) atoms. The Morgan fingerprint density at radius 3 is 2.39 bits per heavy atom. The first-order chi connectivity index (χ1) is 11.2. The van der Waals surface area contributed by atoms with E-state index in [2.05, 4.69) is 5.32 Å². The second-order valence-electron chi connectivity index (χ2n) is 5.06. The summed E-state index contributed by atoms with van der Waals surface area (Å²) in [4.78, 5) is 0. The Morgan fingerprint density at radius 2 is 1.74 bits per heavy atom. The first-order valence-electron chi connectivity index (χ1n) is 7.63. The van der Waals surface area contributed by atoms with E-state index in [1.807, 2.05) is 49.4 Å². The molecule has 0 fully saturated rings. The molecule has 4 nitrogen and oxygen atoms in total. The van der Waals surface area contributed by atoms with Crippen molar-refractivity contribution in [3.63, 3.8) is 0 Å². The van der Waals surface area contributed by atoms with Gasteiger partial charge in [-0.15, -0.1) is 0 Å². The number of ether oxygens (including phenoxy) is 2. The van der Waals surface area contributed by atoms with Crippen molar-refractivity contribution in [1.82, 2.24) is 5.32 Å². The van der Waals surface area contributed by atoms with Crippen molar-refractivity contribution in [2.75, 3.05) is 20.2 Å². The predicted molar refractivity (Wildman–Crippen MR) is 92.4 cm³/mol. The quantitative estimate of drug-likeness (QED) is 0.776. The molecule has 0 aliphatic carbocycles. The van der Waals surface area contributed by atoms with E-state index >= 15 is 0 Å². The fraction of sp³-hybridized carbons (Fsp3) is 0.333. The number of para-hydroxylation sites is 2. The lowest BCUT2D eigenvalue weighted by Crippen LogP contribution is -2.33. The largest absolute Gasteiger partial charge is 0.490 e. The molecule has 5 heteroatoms. The Kier molecular flexibility index (Phi) is 6.71. The fourth-order valence-electron chi connectivity index (χ4n) is 2.33. The first-order valence-corrected chi connectivity index (χ1v) is 8.00. The van der Waals surface area contributed by atoms with Crippen LogP contribution >= 0.6 is 11.6 Å². The van der Waals surface area contributed by atoms with Gasteiger partial charge in [0, 0.05) is 17.1 Å². The van der Waals surface area contributed by atoms with Crippen LogP contribution in [0.1, 0.15) is 18.6 Å². The molecular formula is C18H22ClNO3. The van der Waals surface area contributed by atoms with Crippen molar-refractivity contribution >= 4 is 11.6 Å². The molecule has 0 bridgehead atoms. The lowest BCUT2D eigenvalue weighted by atomic mass is 10.0. The van der Waals surface area contributed by atoms with E-state index in [1.165, 1.54) is 0 Å². The number of hydrogen-bond donors (Lipinski definition) is 2. The van der Waals surface area contributed by atoms with Gasteiger partial charge < -0.3 is 19.9 Å². The Labute approximate surface area is 142 Å². The summed E-state index contributed by atoms with van der Waals surface area (Å²) in [5.41, 5.74) is 0.739. The van der Waals surface area contributed by atoms with Gasteiger partial charge in [-0.05, 0) is 32.2 Å². The minimum atomic E-state index is -0.755. The van der Waals surface area contributed by atoms with Crippen LogP contribution in [-0.2, 0) is 0 Å². The number of benzene rings is 2. The highest BCUT2D eigenvalue weighted by molar-refractivity contribution is 6.31. The van der Waals surface area contributed by atoms with Crippen LogP contribution in [-0.4, -0.2) is 31.4 Å². The number of halogens is 1. The average Bonchev–Trinajstić information content (AvgIpc) is 2.55. The molecule has 0 aromatic heterocycles. The minimum absolute atomic E-state index is 0.382. The summed E-state index contributed by atoms with van der Waals surface area (Å²) < 4.78 is 11.7. The molecule has 0 aliphatic heterocycles. The Morgan fingerprint density at radius 1 is 1.09 bits per heavy atom. The van der Waals surface area contributed by atoms with Gasteiger partial charge in [0.2, 0.25) is 0 Å². The van der Waals surface area contributed by atoms with Crippen LogP contribution in [0.3, 0.4) is 0 Å². The van der Waals surface area contributed by atoms with E-state index in [0.29, 0.717) is 29.7 Å². The third kappa shape index (κ3) is 4.61. The molecule has 124 valence electrons. The molecule has 0 amide bonds. The van der Waals surface area contributed by atoms with Crippen molar-refractivity contribution in [3.8, 4) is 11.5 Å². The van der Waals surface area contributed by atoms with Gasteiger partial charge in [0.1, 0.15) is 6.10 Å². The zero-order chi connectivity index (χ0) is 16.7. The van der Waals surface area contributed by atoms with E-state index in [1.54, 1.807) is 13.1 Å². The molecule has 0 saturated carbocycles. The van der Waals surface area contributed by atoms with Crippen molar-refractivity contribution < 1.29 is 14.6 Å². The van der Waals surface area contributed by atoms with Crippen molar-refractivity contribution in [3.05, 3.63) is 59.1 Å². The lowest BCUT2D eigenvalue weighted by Gasteiger charge is -2.26. The highest BCUT2D eigenvalue weighted by Crippen LogP contribution is 2.34. The number of aliphatic hydroxyl groups is 1. The minimum Gasteiger partial charge on any atom is -0.490 e. The number of hydrogen-bond acceptors (Lipinski definition) is 4. The molecule has 2 unspecified atom stereocenters. The third-order valence-corrected chi connectivity index (χ3v) is 3.72. The van der Waals surface area contributed by atoms with Gasteiger partial charge in [-0.25, -0.2) is 0 Å². The lowest BCUT2D eigenvalue weighted by molar-refractivity contribution is 0.0351. The maximum Gasteiger partial charge on any atom is 0.162 e. The van der Waals surface area contributed by atoms with Crippen LogP contribution in [0.25, 0.3) is 0 Å². The fourth-order valence-corrected chi connectivity index (χ4v) is 2.57. The van der Waals surface area contributed by atoms with Gasteiger partial charge >= 0.3 is 0 Å². The molecule has 2 aromatic rings. The molecule has 0 radical (unpaired) electrons. The van der Waals surface area contributed by atoms with Crippen LogP contribution in [0.4, 0.5) is 0 Å². The number of rotatable bonds is 8. The Hall–Kier alpha value is -1.75. The van der Waals surface area contributed by atoms with Crippen molar-refractivity contribution in [1.29, 1.82) is 0 Å². The summed E-state index contributed by atoms with van der Waals surface area (Å²) in [6, 6.07) is 14.8. The summed E-state index contributed by atoms with van der Waals surface area (Å²) >= 11 is 6.29. The van der Waals surface area contributed by atoms with Gasteiger partial charge in [0.15, 0.2) is 17.6 Å². The number of aliphatic hydroxyl groups excluding tert-OH is 1. The third-order valence-electron chi connectivity index (χ3n) is 3.38. The van der Waals surface area contributed by atoms with E-state index < -0.39 is 12.2 Å². The first kappa shape index (κ1) is 17.6. The second kappa shape index (κ2) is 8.77. The molecular weight excluding hydrogens is 314 g/mol. The monoisotopic (exact) mass is 335 g/mol. The van der Waals surface area contributed by atoms with Crippen LogP contribution < -0.4 is 14.8 Å². The van der Waals surface area contributed by atoms with Crippen LogP contribution in [0.2, 0.25) is 5.02 Å². The summed E-state index contributed by atoms with van der Waals surface area (Å²) in [5.74, 6) is 1.22. The van der Waals surface area contributed by atoms with Crippen molar-refractivity contribution in [2.24, 2.45) is 0 Å². The molecule has 2 N–H and O–H groups in total. The summed E-state index contributed by atoms with van der Waals surface area (Å²) in [6.45, 7) is 2.83. The molecule has 0 spiro atoms. The summed E-state index contributed by atoms with van der Waals surface area (Å²) in [5, 5.41) is 14.0. The van der Waals surface area contributed by atoms with Gasteiger partial charge in [0.05, 0.1) is 6.61 Å². The van der Waals surface area contributed by atoms with Gasteiger partial charge in [0.25, 0.3) is 0 Å². The van der Waals surface area contributed by atoms with Gasteiger partial charge in [-0.3, -0.25) is 0 Å². The Bertz CT molecular complexity index is 621. The molecule has 2 atom stereocenters. The normalized spacial score (nSPS) is 13.4. The molecule has 0 saturated heterocycles. The van der Waals surface area contributed by atoms with E-state index in [-0.39, 0.29) is 0 Å². The van der Waals surface area contributed by atoms with E-state index in [4.69, 9.17) is 21.1 Å². The molecule has 0 aliphatic rings. The summed E-state index contributed by atoms with van der Waals surface area (Å²) in [7, 11) is 1.78. The zero-order valence-corrected chi connectivity index (χ0v) is 14.1. The standard InChI is InChI=1S/C18H22ClNO3/c1-3-22-16-10-6-7-11-17(16)23-18(15(21)12-20-2)13-8-4-5-9-14(13)19/h4-11,15,18,20-21H,3,12H2,1-2H3. The van der Waals surface area contributed by atoms with Gasteiger partial charge in [-0.2, -0.15) is 0 Å². The highest BCUT2D eigenvalue weighted by Gasteiger charge is 2.25. The summed E-state index contributed by atoms with van der Waals surface area (Å²) in [6.07, 6.45) is -1.35. The molecule has 2 aromatic carbocycles. The average molecular weight is 336 g/mol. The maximum absolute atomic E-state index is 10.5. The number of nitrogens with one attached hydrogen (secondary N) is 1. The SMILES string of the molecule is CCOc1ccccc1OC(c1ccccc1Cl)C(O)CNC. The smallest absolute Gasteiger partial charge is 0.162 e. The van der Waals surface area contributed by atoms with Crippen molar-refractivity contribution in [2.45, 2.75) is 19.1 Å². The van der Waals surface area contributed by atoms with Gasteiger partial charge in [-0.1, -0.05) is 41.9 Å².